The fraction of sp³-hybridized carbons (Fsp3) is 0.516. The molecule has 42 heavy (non-hydrogen) atoms. The number of nitrogens with zero attached hydrogens (tertiary/aromatic N) is 2. The van der Waals surface area contributed by atoms with Gasteiger partial charge in [-0.05, 0) is 84.2 Å². The first-order valence-electron chi connectivity index (χ1n) is 14.1. The van der Waals surface area contributed by atoms with Crippen molar-refractivity contribution in [2.45, 2.75) is 84.2 Å². The number of nitrogens with one attached hydrogen (secondary N) is 2. The van der Waals surface area contributed by atoms with Crippen molar-refractivity contribution in [3.05, 3.63) is 59.4 Å². The molecule has 0 saturated carbocycles. The summed E-state index contributed by atoms with van der Waals surface area (Å²) in [5.74, 6) is -0.593. The molecule has 0 bridgehead atoms. The summed E-state index contributed by atoms with van der Waals surface area (Å²) in [4.78, 5) is 44.7. The average molecular weight is 582 g/mol. The Bertz CT molecular complexity index is 1240. The van der Waals surface area contributed by atoms with Crippen molar-refractivity contribution in [1.82, 2.24) is 15.2 Å². The largest absolute Gasteiger partial charge is 0.488 e. The van der Waals surface area contributed by atoms with Gasteiger partial charge in [0.1, 0.15) is 41.1 Å². The normalized spacial score (nSPS) is 15.0. The highest BCUT2D eigenvalue weighted by molar-refractivity contribution is 5.98. The maximum Gasteiger partial charge on any atom is 0.332 e. The summed E-state index contributed by atoms with van der Waals surface area (Å²) in [7, 11) is 0. The van der Waals surface area contributed by atoms with Crippen LogP contribution in [0, 0.1) is 5.41 Å². The quantitative estimate of drug-likeness (QED) is 0.219. The highest BCUT2D eigenvalue weighted by Crippen LogP contribution is 2.21. The van der Waals surface area contributed by atoms with E-state index in [2.05, 4.69) is 10.3 Å². The zero-order chi connectivity index (χ0) is 31.1. The summed E-state index contributed by atoms with van der Waals surface area (Å²) in [5, 5.41) is 10.4. The summed E-state index contributed by atoms with van der Waals surface area (Å²) in [5.41, 5.74) is 5.93. The molecule has 4 N–H and O–H groups in total. The van der Waals surface area contributed by atoms with Crippen molar-refractivity contribution in [1.29, 1.82) is 5.41 Å². The molecule has 0 radical (unpaired) electrons. The molecule has 1 aromatic heterocycles. The number of nitrogens with two attached hydrogens (primary N) is 1. The van der Waals surface area contributed by atoms with Crippen LogP contribution in [0.15, 0.2) is 42.6 Å². The number of aromatic nitrogens is 1. The molecule has 0 spiro atoms. The van der Waals surface area contributed by atoms with Gasteiger partial charge in [0, 0.05) is 31.3 Å². The van der Waals surface area contributed by atoms with E-state index in [4.69, 9.17) is 25.4 Å². The van der Waals surface area contributed by atoms with Gasteiger partial charge in [0.15, 0.2) is 0 Å². The number of amidine groups is 1. The second-order valence-corrected chi connectivity index (χ2v) is 12.4. The van der Waals surface area contributed by atoms with Gasteiger partial charge in [0.05, 0.1) is 6.10 Å². The first-order valence-corrected chi connectivity index (χ1v) is 14.1. The molecule has 1 saturated heterocycles. The molecule has 0 aliphatic carbocycles. The van der Waals surface area contributed by atoms with Crippen LogP contribution in [0.5, 0.6) is 5.75 Å². The number of pyridine rings is 1. The third kappa shape index (κ3) is 10.4. The average Bonchev–Trinajstić information content (AvgIpc) is 2.90. The number of nitrogen functional groups attached to an aromatic ring is 1. The molecule has 11 nitrogen and oxygen atoms in total. The van der Waals surface area contributed by atoms with Gasteiger partial charge in [0.2, 0.25) is 5.91 Å². The van der Waals surface area contributed by atoms with E-state index in [1.165, 1.54) is 18.3 Å². The standard InChI is InChI=1S/C31H43N5O6/c1-30(2,3)41-23-10-7-20(8-11-23)17-25(35-28(38)24-12-9-21(18-34-24)27(32)33)29(39)36-15-13-22(14-16-36)40-19-26(37)42-31(4,5)6/h7-12,18,22,25H,13-17,19H2,1-6H3,(H3,32,33)(H,35,38)/t25-/m0/s1. The topological polar surface area (TPSA) is 157 Å². The van der Waals surface area contributed by atoms with Crippen molar-refractivity contribution < 1.29 is 28.6 Å². The molecule has 1 aliphatic heterocycles. The molecule has 2 aromatic rings. The van der Waals surface area contributed by atoms with Crippen LogP contribution in [-0.2, 0) is 25.5 Å². The minimum Gasteiger partial charge on any atom is -0.488 e. The van der Waals surface area contributed by atoms with Crippen LogP contribution in [0.3, 0.4) is 0 Å². The minimum atomic E-state index is -0.847. The predicted octanol–water partition coefficient (Wildman–Crippen LogP) is 3.23. The van der Waals surface area contributed by atoms with Crippen LogP contribution in [0.25, 0.3) is 0 Å². The van der Waals surface area contributed by atoms with Gasteiger partial charge in [-0.2, -0.15) is 0 Å². The summed E-state index contributed by atoms with van der Waals surface area (Å²) >= 11 is 0. The van der Waals surface area contributed by atoms with Crippen molar-refractivity contribution in [3.63, 3.8) is 0 Å². The smallest absolute Gasteiger partial charge is 0.332 e. The first kappa shape index (κ1) is 32.5. The number of carbonyl (C=O) groups is 3. The zero-order valence-electron chi connectivity index (χ0n) is 25.4. The lowest BCUT2D eigenvalue weighted by molar-refractivity contribution is -0.163. The summed E-state index contributed by atoms with van der Waals surface area (Å²) < 4.78 is 16.9. The maximum absolute atomic E-state index is 13.7. The number of ether oxygens (including phenoxy) is 3. The van der Waals surface area contributed by atoms with Crippen molar-refractivity contribution >= 4 is 23.6 Å². The minimum absolute atomic E-state index is 0.112. The van der Waals surface area contributed by atoms with E-state index >= 15 is 0 Å². The number of benzene rings is 1. The van der Waals surface area contributed by atoms with Crippen molar-refractivity contribution in [2.24, 2.45) is 5.73 Å². The van der Waals surface area contributed by atoms with E-state index in [1.807, 2.05) is 45.0 Å². The molecule has 2 amide bonds. The third-order valence-corrected chi connectivity index (χ3v) is 6.31. The molecule has 1 aliphatic rings. The highest BCUT2D eigenvalue weighted by atomic mass is 16.6. The Labute approximate surface area is 247 Å². The second kappa shape index (κ2) is 13.8. The van der Waals surface area contributed by atoms with Gasteiger partial charge in [-0.3, -0.25) is 20.0 Å². The van der Waals surface area contributed by atoms with Gasteiger partial charge < -0.3 is 30.2 Å². The van der Waals surface area contributed by atoms with Gasteiger partial charge in [-0.1, -0.05) is 12.1 Å². The van der Waals surface area contributed by atoms with E-state index in [9.17, 15) is 14.4 Å². The summed E-state index contributed by atoms with van der Waals surface area (Å²) in [6.45, 7) is 12.0. The number of hydrogen-bond acceptors (Lipinski definition) is 8. The first-order chi connectivity index (χ1) is 19.6. The molecular weight excluding hydrogens is 538 g/mol. The zero-order valence-corrected chi connectivity index (χ0v) is 25.4. The van der Waals surface area contributed by atoms with Crippen LogP contribution >= 0.6 is 0 Å². The Balaban J connectivity index is 1.68. The number of amides is 2. The van der Waals surface area contributed by atoms with Crippen LogP contribution in [0.1, 0.15) is 76.0 Å². The van der Waals surface area contributed by atoms with Crippen LogP contribution < -0.4 is 15.8 Å². The fourth-order valence-electron chi connectivity index (χ4n) is 4.42. The Morgan fingerprint density at radius 3 is 2.19 bits per heavy atom. The van der Waals surface area contributed by atoms with Gasteiger partial charge in [0.25, 0.3) is 5.91 Å². The summed E-state index contributed by atoms with van der Waals surface area (Å²) in [6.07, 6.45) is 2.56. The van der Waals surface area contributed by atoms with Crippen molar-refractivity contribution in [3.8, 4) is 5.75 Å². The fourth-order valence-corrected chi connectivity index (χ4v) is 4.42. The lowest BCUT2D eigenvalue weighted by Gasteiger charge is -2.34. The van der Waals surface area contributed by atoms with E-state index in [-0.39, 0.29) is 42.2 Å². The van der Waals surface area contributed by atoms with E-state index in [1.54, 1.807) is 25.7 Å². The third-order valence-electron chi connectivity index (χ3n) is 6.31. The molecular formula is C31H43N5O6. The van der Waals surface area contributed by atoms with E-state index < -0.39 is 23.5 Å². The SMILES string of the molecule is CC(C)(C)OC(=O)COC1CCN(C(=O)[C@H](Cc2ccc(OC(C)(C)C)cc2)NC(=O)c2ccc(C(=N)N)cn2)CC1. The Morgan fingerprint density at radius 2 is 1.67 bits per heavy atom. The Morgan fingerprint density at radius 1 is 1.02 bits per heavy atom. The van der Waals surface area contributed by atoms with Gasteiger partial charge >= 0.3 is 5.97 Å². The number of carbonyl (C=O) groups excluding carboxylic acids is 3. The monoisotopic (exact) mass is 581 g/mol. The van der Waals surface area contributed by atoms with Gasteiger partial charge in [-0.15, -0.1) is 0 Å². The molecule has 1 aromatic carbocycles. The Kier molecular flexibility index (Phi) is 10.7. The van der Waals surface area contributed by atoms with Gasteiger partial charge in [-0.25, -0.2) is 4.79 Å². The predicted molar refractivity (Wildman–Crippen MR) is 158 cm³/mol. The number of hydrogen-bond donors (Lipinski definition) is 3. The number of esters is 1. The summed E-state index contributed by atoms with van der Waals surface area (Å²) in [6, 6.07) is 9.62. The molecule has 228 valence electrons. The highest BCUT2D eigenvalue weighted by Gasteiger charge is 2.31. The maximum atomic E-state index is 13.7. The van der Waals surface area contributed by atoms with E-state index in [0.717, 1.165) is 5.56 Å². The molecule has 3 rings (SSSR count). The molecule has 1 atom stereocenters. The molecule has 0 unspecified atom stereocenters. The molecule has 11 heteroatoms. The number of rotatable bonds is 10. The molecule has 1 fully saturated rings. The van der Waals surface area contributed by atoms with Crippen LogP contribution in [0.4, 0.5) is 0 Å². The Hall–Kier alpha value is -3.99. The van der Waals surface area contributed by atoms with Crippen LogP contribution in [-0.4, -0.2) is 76.5 Å². The number of piperidine rings is 1. The van der Waals surface area contributed by atoms with E-state index in [0.29, 0.717) is 37.2 Å². The second-order valence-electron chi connectivity index (χ2n) is 12.4. The van der Waals surface area contributed by atoms with Crippen LogP contribution in [0.2, 0.25) is 0 Å². The molecule has 2 heterocycles. The van der Waals surface area contributed by atoms with Crippen molar-refractivity contribution in [2.75, 3.05) is 19.7 Å². The lowest BCUT2D eigenvalue weighted by Crippen LogP contribution is -2.52. The number of likely N-dealkylation sites (tertiary alicyclic amines) is 1. The lowest BCUT2D eigenvalue weighted by atomic mass is 10.0.